The number of nitrogens with one attached hydrogen (secondary N) is 2. The van der Waals surface area contributed by atoms with E-state index in [0.29, 0.717) is 18.8 Å². The number of carbonyl (C=O) groups is 1. The Bertz CT molecular complexity index is 378. The molecule has 0 saturated heterocycles. The third-order valence-corrected chi connectivity index (χ3v) is 2.59. The van der Waals surface area contributed by atoms with Gasteiger partial charge in [-0.15, -0.1) is 0 Å². The Morgan fingerprint density at radius 3 is 2.71 bits per heavy atom. The van der Waals surface area contributed by atoms with Crippen molar-refractivity contribution in [3.63, 3.8) is 0 Å². The van der Waals surface area contributed by atoms with E-state index in [2.05, 4.69) is 36.3 Å². The Morgan fingerprint density at radius 1 is 1.59 bits per heavy atom. The SMILES string of the molecule is CC(CN)CC(=O)Nc1cc(C(C)(C)C)[nH]n1. The van der Waals surface area contributed by atoms with Gasteiger partial charge in [0.05, 0.1) is 0 Å². The van der Waals surface area contributed by atoms with E-state index < -0.39 is 0 Å². The zero-order valence-electron chi connectivity index (χ0n) is 11.0. The van der Waals surface area contributed by atoms with E-state index in [1.165, 1.54) is 0 Å². The number of hydrogen-bond acceptors (Lipinski definition) is 3. The zero-order chi connectivity index (χ0) is 13.1. The molecule has 4 N–H and O–H groups in total. The lowest BCUT2D eigenvalue weighted by molar-refractivity contribution is -0.116. The summed E-state index contributed by atoms with van der Waals surface area (Å²) in [5.74, 6) is 0.718. The summed E-state index contributed by atoms with van der Waals surface area (Å²) in [6, 6.07) is 1.87. The van der Waals surface area contributed by atoms with Gasteiger partial charge in [0.2, 0.25) is 5.91 Å². The molecule has 1 amide bonds. The van der Waals surface area contributed by atoms with Gasteiger partial charge in [0, 0.05) is 23.6 Å². The van der Waals surface area contributed by atoms with E-state index in [-0.39, 0.29) is 17.2 Å². The maximum atomic E-state index is 11.6. The molecule has 0 radical (unpaired) electrons. The second kappa shape index (κ2) is 5.31. The fraction of sp³-hybridized carbons (Fsp3) is 0.667. The minimum atomic E-state index is -0.0464. The summed E-state index contributed by atoms with van der Waals surface area (Å²) in [6.45, 7) is 8.72. The number of aromatic nitrogens is 2. The summed E-state index contributed by atoms with van der Waals surface area (Å²) in [5.41, 5.74) is 6.47. The topological polar surface area (TPSA) is 83.8 Å². The van der Waals surface area contributed by atoms with Gasteiger partial charge >= 0.3 is 0 Å². The van der Waals surface area contributed by atoms with Gasteiger partial charge in [-0.1, -0.05) is 27.7 Å². The van der Waals surface area contributed by atoms with Gasteiger partial charge in [-0.2, -0.15) is 5.10 Å². The van der Waals surface area contributed by atoms with Crippen molar-refractivity contribution in [1.29, 1.82) is 0 Å². The van der Waals surface area contributed by atoms with E-state index in [4.69, 9.17) is 5.73 Å². The summed E-state index contributed by atoms with van der Waals surface area (Å²) in [5, 5.41) is 9.76. The van der Waals surface area contributed by atoms with Gasteiger partial charge in [-0.25, -0.2) is 0 Å². The third-order valence-electron chi connectivity index (χ3n) is 2.59. The van der Waals surface area contributed by atoms with Crippen LogP contribution in [0, 0.1) is 5.92 Å². The smallest absolute Gasteiger partial charge is 0.225 e. The van der Waals surface area contributed by atoms with Gasteiger partial charge < -0.3 is 11.1 Å². The molecule has 0 bridgehead atoms. The van der Waals surface area contributed by atoms with Crippen molar-refractivity contribution in [2.45, 2.75) is 39.5 Å². The van der Waals surface area contributed by atoms with Gasteiger partial charge in [-0.3, -0.25) is 9.89 Å². The number of H-pyrrole nitrogens is 1. The average Bonchev–Trinajstić information content (AvgIpc) is 2.65. The summed E-state index contributed by atoms with van der Waals surface area (Å²) >= 11 is 0. The van der Waals surface area contributed by atoms with Crippen LogP contribution in [0.4, 0.5) is 5.82 Å². The molecule has 0 saturated carbocycles. The summed E-state index contributed by atoms with van der Waals surface area (Å²) in [7, 11) is 0. The largest absolute Gasteiger partial charge is 0.330 e. The van der Waals surface area contributed by atoms with Crippen LogP contribution in [0.5, 0.6) is 0 Å². The van der Waals surface area contributed by atoms with Crippen molar-refractivity contribution in [3.8, 4) is 0 Å². The van der Waals surface area contributed by atoms with Crippen molar-refractivity contribution in [2.75, 3.05) is 11.9 Å². The van der Waals surface area contributed by atoms with E-state index >= 15 is 0 Å². The standard InChI is InChI=1S/C12H22N4O/c1-8(7-13)5-11(17)14-10-6-9(15-16-10)12(2,3)4/h6,8H,5,7,13H2,1-4H3,(H2,14,15,16,17). The molecule has 1 aromatic heterocycles. The molecule has 1 heterocycles. The van der Waals surface area contributed by atoms with Gasteiger partial charge in [0.1, 0.15) is 0 Å². The Kier molecular flexibility index (Phi) is 4.28. The molecule has 1 unspecified atom stereocenters. The van der Waals surface area contributed by atoms with Crippen LogP contribution in [0.1, 0.15) is 39.8 Å². The van der Waals surface area contributed by atoms with Gasteiger partial charge in [0.15, 0.2) is 5.82 Å². The first-order valence-electron chi connectivity index (χ1n) is 5.88. The maximum Gasteiger partial charge on any atom is 0.225 e. The fourth-order valence-corrected chi connectivity index (χ4v) is 1.36. The molecule has 1 rings (SSSR count). The molecule has 0 aliphatic carbocycles. The Hall–Kier alpha value is -1.36. The van der Waals surface area contributed by atoms with E-state index in [0.717, 1.165) is 5.69 Å². The maximum absolute atomic E-state index is 11.6. The lowest BCUT2D eigenvalue weighted by Crippen LogP contribution is -2.20. The summed E-state index contributed by atoms with van der Waals surface area (Å²) in [4.78, 5) is 11.6. The molecule has 0 aliphatic rings. The van der Waals surface area contributed by atoms with Gasteiger partial charge in [0.25, 0.3) is 0 Å². The Balaban J connectivity index is 2.58. The highest BCUT2D eigenvalue weighted by molar-refractivity contribution is 5.89. The molecular weight excluding hydrogens is 216 g/mol. The third kappa shape index (κ3) is 4.19. The van der Waals surface area contributed by atoms with E-state index in [1.54, 1.807) is 0 Å². The number of anilines is 1. The first-order chi connectivity index (χ1) is 7.82. The molecule has 5 nitrogen and oxygen atoms in total. The number of carbonyl (C=O) groups excluding carboxylic acids is 1. The van der Waals surface area contributed by atoms with Crippen molar-refractivity contribution < 1.29 is 4.79 Å². The molecule has 17 heavy (non-hydrogen) atoms. The number of hydrogen-bond donors (Lipinski definition) is 3. The molecule has 0 aromatic carbocycles. The first-order valence-corrected chi connectivity index (χ1v) is 5.88. The zero-order valence-corrected chi connectivity index (χ0v) is 11.0. The summed E-state index contributed by atoms with van der Waals surface area (Å²) < 4.78 is 0. The van der Waals surface area contributed by atoms with Gasteiger partial charge in [-0.05, 0) is 12.5 Å². The second-order valence-corrected chi connectivity index (χ2v) is 5.51. The highest BCUT2D eigenvalue weighted by atomic mass is 16.1. The van der Waals surface area contributed by atoms with Crippen LogP contribution in [-0.4, -0.2) is 22.6 Å². The lowest BCUT2D eigenvalue weighted by atomic mass is 9.92. The predicted molar refractivity (Wildman–Crippen MR) is 68.8 cm³/mol. The predicted octanol–water partition coefficient (Wildman–Crippen LogP) is 1.63. The van der Waals surface area contributed by atoms with E-state index in [1.807, 2.05) is 13.0 Å². The van der Waals surface area contributed by atoms with Crippen LogP contribution in [0.3, 0.4) is 0 Å². The number of aromatic amines is 1. The second-order valence-electron chi connectivity index (χ2n) is 5.51. The first kappa shape index (κ1) is 13.7. The van der Waals surface area contributed by atoms with Crippen LogP contribution in [-0.2, 0) is 10.2 Å². The van der Waals surface area contributed by atoms with Crippen molar-refractivity contribution in [2.24, 2.45) is 11.7 Å². The van der Waals surface area contributed by atoms with Crippen molar-refractivity contribution in [1.82, 2.24) is 10.2 Å². The monoisotopic (exact) mass is 238 g/mol. The Labute approximate surface area is 102 Å². The van der Waals surface area contributed by atoms with Crippen LogP contribution in [0.2, 0.25) is 0 Å². The van der Waals surface area contributed by atoms with Crippen LogP contribution in [0.25, 0.3) is 0 Å². The Morgan fingerprint density at radius 2 is 2.24 bits per heavy atom. The molecule has 5 heteroatoms. The van der Waals surface area contributed by atoms with Crippen molar-refractivity contribution in [3.05, 3.63) is 11.8 Å². The number of amides is 1. The highest BCUT2D eigenvalue weighted by Gasteiger charge is 2.17. The van der Waals surface area contributed by atoms with E-state index in [9.17, 15) is 4.79 Å². The average molecular weight is 238 g/mol. The van der Waals surface area contributed by atoms with Crippen LogP contribution >= 0.6 is 0 Å². The molecule has 96 valence electrons. The number of rotatable bonds is 4. The summed E-state index contributed by atoms with van der Waals surface area (Å²) in [6.07, 6.45) is 0.425. The minimum absolute atomic E-state index is 0.000524. The lowest BCUT2D eigenvalue weighted by Gasteiger charge is -2.14. The molecule has 1 aromatic rings. The molecule has 0 aliphatic heterocycles. The quantitative estimate of drug-likeness (QED) is 0.745. The number of nitrogens with zero attached hydrogens (tertiary/aromatic N) is 1. The molecule has 0 fully saturated rings. The van der Waals surface area contributed by atoms with Crippen LogP contribution < -0.4 is 11.1 Å². The molecule has 0 spiro atoms. The fourth-order valence-electron chi connectivity index (χ4n) is 1.36. The highest BCUT2D eigenvalue weighted by Crippen LogP contribution is 2.21. The number of nitrogens with two attached hydrogens (primary N) is 1. The van der Waals surface area contributed by atoms with Crippen LogP contribution in [0.15, 0.2) is 6.07 Å². The van der Waals surface area contributed by atoms with Crippen molar-refractivity contribution >= 4 is 11.7 Å². The molecule has 1 atom stereocenters. The molecular formula is C12H22N4O. The normalized spacial score (nSPS) is 13.5. The minimum Gasteiger partial charge on any atom is -0.330 e.